The highest BCUT2D eigenvalue weighted by Gasteiger charge is 2.01. The largest absolute Gasteiger partial charge is 0.265 e. The van der Waals surface area contributed by atoms with E-state index in [-0.39, 0.29) is 0 Å². The second-order valence-electron chi connectivity index (χ2n) is 16.6. The van der Waals surface area contributed by atoms with Gasteiger partial charge in [0.2, 0.25) is 0 Å². The number of hydrogen-bond acceptors (Lipinski definition) is 3. The average molecular weight is 830 g/mol. The maximum atomic E-state index is 4.34. The highest BCUT2D eigenvalue weighted by Crippen LogP contribution is 2.24. The number of pyridine rings is 3. The van der Waals surface area contributed by atoms with Crippen molar-refractivity contribution in [2.45, 2.75) is 90.0 Å². The Morgan fingerprint density at radius 2 is 0.873 bits per heavy atom. The molecule has 63 heavy (non-hydrogen) atoms. The molecule has 0 aliphatic carbocycles. The lowest BCUT2D eigenvalue weighted by Gasteiger charge is -2.06. The second-order valence-corrected chi connectivity index (χ2v) is 16.6. The molecular weight excluding hydrogens is 763 g/mol. The predicted octanol–water partition coefficient (Wildman–Crippen LogP) is 16.3. The van der Waals surface area contributed by atoms with Crippen molar-refractivity contribution in [3.63, 3.8) is 0 Å². The molecule has 0 atom stereocenters. The molecule has 0 unspecified atom stereocenters. The molecule has 0 spiro atoms. The third-order valence-corrected chi connectivity index (χ3v) is 10.9. The minimum atomic E-state index is 1.08. The molecule has 0 amide bonds. The van der Waals surface area contributed by atoms with Crippen LogP contribution in [0.15, 0.2) is 170 Å². The Balaban J connectivity index is 0.000000169. The summed E-state index contributed by atoms with van der Waals surface area (Å²) in [4.78, 5) is 12.4. The van der Waals surface area contributed by atoms with Gasteiger partial charge in [0.25, 0.3) is 0 Å². The number of aryl methyl sites for hydroxylation is 12. The predicted molar refractivity (Wildman–Crippen MR) is 274 cm³/mol. The van der Waals surface area contributed by atoms with Crippen molar-refractivity contribution < 1.29 is 0 Å². The van der Waals surface area contributed by atoms with Crippen molar-refractivity contribution >= 4 is 21.7 Å². The fourth-order valence-electron chi connectivity index (χ4n) is 6.94. The number of rotatable bonds is 1. The van der Waals surface area contributed by atoms with E-state index in [4.69, 9.17) is 0 Å². The lowest BCUT2D eigenvalue weighted by atomic mass is 9.99. The quantitative estimate of drug-likeness (QED) is 0.165. The number of benzene rings is 6. The van der Waals surface area contributed by atoms with Crippen molar-refractivity contribution in [3.05, 3.63) is 243 Å². The fourth-order valence-corrected chi connectivity index (χ4v) is 6.94. The Kier molecular flexibility index (Phi) is 19.2. The van der Waals surface area contributed by atoms with E-state index in [9.17, 15) is 0 Å². The zero-order valence-electron chi connectivity index (χ0n) is 40.0. The van der Waals surface area contributed by atoms with Crippen molar-refractivity contribution in [2.24, 2.45) is 0 Å². The number of nitrogens with zero attached hydrogens (tertiary/aromatic N) is 3. The summed E-state index contributed by atoms with van der Waals surface area (Å²) >= 11 is 0. The summed E-state index contributed by atoms with van der Waals surface area (Å²) < 4.78 is 0. The van der Waals surface area contributed by atoms with Crippen LogP contribution in [-0.4, -0.2) is 15.0 Å². The van der Waals surface area contributed by atoms with Crippen LogP contribution >= 0.6 is 0 Å². The summed E-state index contributed by atoms with van der Waals surface area (Å²) in [5.74, 6) is 0. The first kappa shape index (κ1) is 49.0. The molecule has 0 aliphatic heterocycles. The Labute approximate surface area is 379 Å². The van der Waals surface area contributed by atoms with E-state index in [0.717, 1.165) is 11.2 Å². The highest BCUT2D eigenvalue weighted by molar-refractivity contribution is 5.87. The lowest BCUT2D eigenvalue weighted by molar-refractivity contribution is 1.21. The van der Waals surface area contributed by atoms with Gasteiger partial charge in [-0.2, -0.15) is 0 Å². The number of fused-ring (bicyclic) bond motifs is 2. The second kappa shape index (κ2) is 24.7. The summed E-state index contributed by atoms with van der Waals surface area (Å²) in [6, 6.07) is 50.6. The molecule has 0 saturated carbocycles. The first-order valence-corrected chi connectivity index (χ1v) is 21.8. The molecule has 3 heterocycles. The standard InChI is InChI=1S/C14H14.2C11H11N.C10H14.C9H12.C5H5N/c1-11-8-9-12(2)14(10-11)13-6-4-3-5-7-13;1-8-3-4-10-5-9(2)7-12-11(10)6-8;1-8-7-12-9(2)11-6-4-3-5-10(8)11;1-7-5-8(2)10(4)9(3)6-7;1-7-4-5-8(2)9(3)6-7;1-2-4-6-5-3-1/h3-10H,1-2H3;2*3-7H,1-2H3;5-6H,1-4H3;4-6H,1-3H3;1-5H. The topological polar surface area (TPSA) is 38.7 Å². The van der Waals surface area contributed by atoms with Crippen molar-refractivity contribution in [1.29, 1.82) is 0 Å². The zero-order chi connectivity index (χ0) is 45.9. The van der Waals surface area contributed by atoms with E-state index in [1.165, 1.54) is 94.0 Å². The molecule has 0 aliphatic rings. The van der Waals surface area contributed by atoms with Crippen LogP contribution in [0.5, 0.6) is 0 Å². The molecule has 0 radical (unpaired) electrons. The zero-order valence-corrected chi connectivity index (χ0v) is 40.0. The average Bonchev–Trinajstić information content (AvgIpc) is 3.28. The third kappa shape index (κ3) is 15.9. The van der Waals surface area contributed by atoms with E-state index >= 15 is 0 Å². The Morgan fingerprint density at radius 1 is 0.333 bits per heavy atom. The van der Waals surface area contributed by atoms with Crippen LogP contribution in [0.2, 0.25) is 0 Å². The van der Waals surface area contributed by atoms with Gasteiger partial charge >= 0.3 is 0 Å². The van der Waals surface area contributed by atoms with Crippen molar-refractivity contribution in [2.75, 3.05) is 0 Å². The van der Waals surface area contributed by atoms with Crippen LogP contribution in [0, 0.1) is 90.0 Å². The maximum Gasteiger partial charge on any atom is 0.0704 e. The summed E-state index contributed by atoms with van der Waals surface area (Å²) in [6.45, 7) is 27.6. The molecular formula is C60H67N3. The molecule has 9 rings (SSSR count). The van der Waals surface area contributed by atoms with Gasteiger partial charge in [-0.3, -0.25) is 15.0 Å². The van der Waals surface area contributed by atoms with Crippen molar-refractivity contribution in [1.82, 2.24) is 15.0 Å². The summed E-state index contributed by atoms with van der Waals surface area (Å²) in [6.07, 6.45) is 7.33. The van der Waals surface area contributed by atoms with Crippen LogP contribution < -0.4 is 0 Å². The molecule has 9 aromatic rings. The summed E-state index contributed by atoms with van der Waals surface area (Å²) in [5.41, 5.74) is 20.9. The van der Waals surface area contributed by atoms with E-state index < -0.39 is 0 Å². The van der Waals surface area contributed by atoms with E-state index in [0.29, 0.717) is 0 Å². The Morgan fingerprint density at radius 3 is 1.44 bits per heavy atom. The SMILES string of the molecule is Cc1cc(C)c(C)c(C)c1.Cc1ccc(C)c(-c2ccccc2)c1.Cc1ccc(C)c(C)c1.Cc1cnc(C)c2ccccc12.Cc1cnc2cc(C)ccc2c1.c1ccncc1. The van der Waals surface area contributed by atoms with Gasteiger partial charge < -0.3 is 0 Å². The molecule has 322 valence electrons. The van der Waals surface area contributed by atoms with Gasteiger partial charge in [-0.05, 0) is 181 Å². The highest BCUT2D eigenvalue weighted by atomic mass is 14.7. The molecule has 0 saturated heterocycles. The minimum absolute atomic E-state index is 1.08. The van der Waals surface area contributed by atoms with Crippen LogP contribution in [0.25, 0.3) is 32.8 Å². The molecule has 6 aromatic carbocycles. The first-order valence-electron chi connectivity index (χ1n) is 21.8. The molecule has 0 bridgehead atoms. The lowest BCUT2D eigenvalue weighted by Crippen LogP contribution is -1.86. The fraction of sp³-hybridized carbons (Fsp3) is 0.217. The normalized spacial score (nSPS) is 9.98. The molecule has 3 heteroatoms. The van der Waals surface area contributed by atoms with Crippen molar-refractivity contribution in [3.8, 4) is 11.1 Å². The van der Waals surface area contributed by atoms with Gasteiger partial charge in [0, 0.05) is 41.3 Å². The van der Waals surface area contributed by atoms with E-state index in [2.05, 4.69) is 225 Å². The van der Waals surface area contributed by atoms with E-state index in [1.807, 2.05) is 37.5 Å². The minimum Gasteiger partial charge on any atom is -0.265 e. The van der Waals surface area contributed by atoms with Gasteiger partial charge in [-0.25, -0.2) is 0 Å². The molecule has 3 nitrogen and oxygen atoms in total. The Bertz CT molecular complexity index is 2670. The number of aromatic nitrogens is 3. The third-order valence-electron chi connectivity index (χ3n) is 10.9. The van der Waals surface area contributed by atoms with Gasteiger partial charge in [0.05, 0.1) is 5.52 Å². The van der Waals surface area contributed by atoms with Gasteiger partial charge in [-0.15, -0.1) is 0 Å². The van der Waals surface area contributed by atoms with Gasteiger partial charge in [0.15, 0.2) is 0 Å². The van der Waals surface area contributed by atoms with Crippen LogP contribution in [0.3, 0.4) is 0 Å². The number of hydrogen-bond donors (Lipinski definition) is 0. The molecule has 3 aromatic heterocycles. The molecule has 0 N–H and O–H groups in total. The Hall–Kier alpha value is -6.71. The smallest absolute Gasteiger partial charge is 0.0704 e. The maximum absolute atomic E-state index is 4.34. The first-order chi connectivity index (χ1) is 30.1. The molecule has 0 fully saturated rings. The van der Waals surface area contributed by atoms with E-state index in [1.54, 1.807) is 12.4 Å². The van der Waals surface area contributed by atoms with Gasteiger partial charge in [-0.1, -0.05) is 138 Å². The van der Waals surface area contributed by atoms with Crippen LogP contribution in [-0.2, 0) is 0 Å². The van der Waals surface area contributed by atoms with Crippen LogP contribution in [0.4, 0.5) is 0 Å². The summed E-state index contributed by atoms with van der Waals surface area (Å²) in [5, 5.41) is 3.79. The van der Waals surface area contributed by atoms with Crippen LogP contribution in [0.1, 0.15) is 72.5 Å². The summed E-state index contributed by atoms with van der Waals surface area (Å²) in [7, 11) is 0. The van der Waals surface area contributed by atoms with Gasteiger partial charge in [0.1, 0.15) is 0 Å². The monoisotopic (exact) mass is 830 g/mol.